The predicted molar refractivity (Wildman–Crippen MR) is 105 cm³/mol. The van der Waals surface area contributed by atoms with Gasteiger partial charge in [0.1, 0.15) is 18.7 Å². The van der Waals surface area contributed by atoms with Crippen molar-refractivity contribution in [1.82, 2.24) is 9.80 Å². The van der Waals surface area contributed by atoms with E-state index in [1.165, 1.54) is 7.11 Å². The summed E-state index contributed by atoms with van der Waals surface area (Å²) in [6.07, 6.45) is 0. The van der Waals surface area contributed by atoms with E-state index in [1.807, 2.05) is 37.9 Å². The topological polar surface area (TPSA) is 59.1 Å². The Bertz CT molecular complexity index is 438. The van der Waals surface area contributed by atoms with E-state index in [0.29, 0.717) is 18.4 Å². The minimum Gasteiger partial charge on any atom is -0.468 e. The standard InChI is InChI=1S/C20H40N2O4/c1-13(2)15(5)17(21(7)8)20(24)26-12-11-22(9)18(19(23)25-10)16(6)14(3)4/h13-18H,11-12H2,1-10H3/t15?,16-,17-,18?/m0/s1. The monoisotopic (exact) mass is 372 g/mol. The molecule has 0 rings (SSSR count). The van der Waals surface area contributed by atoms with Gasteiger partial charge in [-0.25, -0.2) is 0 Å². The molecule has 0 fully saturated rings. The molecule has 0 aromatic carbocycles. The molecule has 0 aromatic rings. The largest absolute Gasteiger partial charge is 0.468 e. The SMILES string of the molecule is COC(=O)C([C@@H](C)C(C)C)N(C)CCOC(=O)[C@H](C(C)C(C)C)N(C)C. The summed E-state index contributed by atoms with van der Waals surface area (Å²) in [7, 11) is 7.07. The van der Waals surface area contributed by atoms with Crippen molar-refractivity contribution in [2.75, 3.05) is 41.4 Å². The highest BCUT2D eigenvalue weighted by Crippen LogP contribution is 2.21. The number of nitrogens with zero attached hydrogens (tertiary/aromatic N) is 2. The lowest BCUT2D eigenvalue weighted by molar-refractivity contribution is -0.153. The van der Waals surface area contributed by atoms with Crippen LogP contribution in [-0.4, -0.2) is 75.2 Å². The number of carbonyl (C=O) groups excluding carboxylic acids is 2. The summed E-state index contributed by atoms with van der Waals surface area (Å²) >= 11 is 0. The summed E-state index contributed by atoms with van der Waals surface area (Å²) in [6.45, 7) is 13.2. The Kier molecular flexibility index (Phi) is 11.0. The Labute approximate surface area is 160 Å². The zero-order chi connectivity index (χ0) is 20.6. The second-order valence-electron chi connectivity index (χ2n) is 8.23. The maximum Gasteiger partial charge on any atom is 0.323 e. The van der Waals surface area contributed by atoms with Crippen LogP contribution in [0.25, 0.3) is 0 Å². The van der Waals surface area contributed by atoms with Crippen molar-refractivity contribution < 1.29 is 19.1 Å². The fourth-order valence-corrected chi connectivity index (χ4v) is 3.06. The van der Waals surface area contributed by atoms with Crippen molar-refractivity contribution >= 4 is 11.9 Å². The lowest BCUT2D eigenvalue weighted by atomic mass is 9.89. The molecule has 0 aromatic heterocycles. The normalized spacial score (nSPS) is 16.7. The highest BCUT2D eigenvalue weighted by atomic mass is 16.5. The summed E-state index contributed by atoms with van der Waals surface area (Å²) in [5, 5.41) is 0. The molecule has 0 saturated heterocycles. The Morgan fingerprint density at radius 3 is 1.65 bits per heavy atom. The molecule has 0 amide bonds. The van der Waals surface area contributed by atoms with Crippen molar-refractivity contribution in [1.29, 1.82) is 0 Å². The molecule has 26 heavy (non-hydrogen) atoms. The van der Waals surface area contributed by atoms with Crippen LogP contribution in [0.15, 0.2) is 0 Å². The molecule has 0 heterocycles. The van der Waals surface area contributed by atoms with Crippen LogP contribution in [0.1, 0.15) is 41.5 Å². The summed E-state index contributed by atoms with van der Waals surface area (Å²) in [5.74, 6) is 0.593. The van der Waals surface area contributed by atoms with Gasteiger partial charge in [-0.05, 0) is 44.8 Å². The first-order chi connectivity index (χ1) is 11.9. The fraction of sp³-hybridized carbons (Fsp3) is 0.900. The first kappa shape index (κ1) is 24.9. The van der Waals surface area contributed by atoms with E-state index >= 15 is 0 Å². The maximum atomic E-state index is 12.5. The van der Waals surface area contributed by atoms with E-state index in [1.54, 1.807) is 0 Å². The Morgan fingerprint density at radius 2 is 1.27 bits per heavy atom. The minimum absolute atomic E-state index is 0.138. The van der Waals surface area contributed by atoms with Crippen molar-refractivity contribution in [3.63, 3.8) is 0 Å². The number of hydrogen-bond donors (Lipinski definition) is 0. The molecule has 0 bridgehead atoms. The van der Waals surface area contributed by atoms with E-state index in [0.717, 1.165) is 0 Å². The summed E-state index contributed by atoms with van der Waals surface area (Å²) in [4.78, 5) is 28.5. The van der Waals surface area contributed by atoms with Crippen LogP contribution in [0.3, 0.4) is 0 Å². The molecular formula is C20H40N2O4. The number of hydrogen-bond acceptors (Lipinski definition) is 6. The summed E-state index contributed by atoms with van der Waals surface area (Å²) in [6, 6.07) is -0.621. The highest BCUT2D eigenvalue weighted by Gasteiger charge is 2.33. The van der Waals surface area contributed by atoms with Gasteiger partial charge >= 0.3 is 11.9 Å². The molecule has 0 aliphatic heterocycles. The lowest BCUT2D eigenvalue weighted by Gasteiger charge is -2.33. The van der Waals surface area contributed by atoms with Crippen molar-refractivity contribution in [2.45, 2.75) is 53.6 Å². The fourth-order valence-electron chi connectivity index (χ4n) is 3.06. The Balaban J connectivity index is 4.85. The molecule has 2 unspecified atom stereocenters. The van der Waals surface area contributed by atoms with Crippen LogP contribution in [0.2, 0.25) is 0 Å². The van der Waals surface area contributed by atoms with Gasteiger partial charge in [-0.1, -0.05) is 41.5 Å². The van der Waals surface area contributed by atoms with Gasteiger partial charge in [0.25, 0.3) is 0 Å². The number of rotatable bonds is 11. The molecule has 4 atom stereocenters. The van der Waals surface area contributed by atoms with Crippen LogP contribution in [0, 0.1) is 23.7 Å². The number of ether oxygens (including phenoxy) is 2. The minimum atomic E-state index is -0.349. The average molecular weight is 373 g/mol. The molecule has 0 aliphatic carbocycles. The molecule has 6 heteroatoms. The molecule has 154 valence electrons. The third kappa shape index (κ3) is 7.23. The maximum absolute atomic E-state index is 12.5. The van der Waals surface area contributed by atoms with E-state index in [9.17, 15) is 9.59 Å². The van der Waals surface area contributed by atoms with Crippen LogP contribution < -0.4 is 0 Å². The van der Waals surface area contributed by atoms with Gasteiger partial charge in [0, 0.05) is 6.54 Å². The van der Waals surface area contributed by atoms with E-state index in [4.69, 9.17) is 9.47 Å². The smallest absolute Gasteiger partial charge is 0.323 e. The molecule has 0 radical (unpaired) electrons. The van der Waals surface area contributed by atoms with Crippen molar-refractivity contribution in [2.24, 2.45) is 23.7 Å². The van der Waals surface area contributed by atoms with Gasteiger partial charge in [0.05, 0.1) is 7.11 Å². The van der Waals surface area contributed by atoms with Crippen LogP contribution >= 0.6 is 0 Å². The van der Waals surface area contributed by atoms with E-state index in [-0.39, 0.29) is 42.5 Å². The molecular weight excluding hydrogens is 332 g/mol. The van der Waals surface area contributed by atoms with Crippen molar-refractivity contribution in [3.8, 4) is 0 Å². The van der Waals surface area contributed by atoms with Crippen LogP contribution in [0.5, 0.6) is 0 Å². The lowest BCUT2D eigenvalue weighted by Crippen LogP contribution is -2.48. The number of carbonyl (C=O) groups is 2. The van der Waals surface area contributed by atoms with Gasteiger partial charge in [-0.15, -0.1) is 0 Å². The average Bonchev–Trinajstić information content (AvgIpc) is 2.54. The van der Waals surface area contributed by atoms with Gasteiger partial charge in [-0.3, -0.25) is 19.4 Å². The third-order valence-corrected chi connectivity index (χ3v) is 5.50. The second kappa shape index (κ2) is 11.5. The molecule has 0 saturated carbocycles. The quantitative estimate of drug-likeness (QED) is 0.520. The van der Waals surface area contributed by atoms with Crippen molar-refractivity contribution in [3.05, 3.63) is 0 Å². The predicted octanol–water partition coefficient (Wildman–Crippen LogP) is 2.52. The molecule has 0 aliphatic rings. The second-order valence-corrected chi connectivity index (χ2v) is 8.23. The number of likely N-dealkylation sites (N-methyl/N-ethyl adjacent to an activating group) is 2. The van der Waals surface area contributed by atoms with E-state index in [2.05, 4.69) is 34.6 Å². The van der Waals surface area contributed by atoms with Gasteiger partial charge < -0.3 is 9.47 Å². The van der Waals surface area contributed by atoms with Gasteiger partial charge in [-0.2, -0.15) is 0 Å². The first-order valence-corrected chi connectivity index (χ1v) is 9.56. The van der Waals surface area contributed by atoms with Gasteiger partial charge in [0.2, 0.25) is 0 Å². The number of esters is 2. The number of methoxy groups -OCH3 is 1. The van der Waals surface area contributed by atoms with Gasteiger partial charge in [0.15, 0.2) is 0 Å². The Morgan fingerprint density at radius 1 is 0.808 bits per heavy atom. The molecule has 6 nitrogen and oxygen atoms in total. The molecule has 0 N–H and O–H groups in total. The van der Waals surface area contributed by atoms with Crippen LogP contribution in [-0.2, 0) is 19.1 Å². The highest BCUT2D eigenvalue weighted by molar-refractivity contribution is 5.76. The molecule has 0 spiro atoms. The third-order valence-electron chi connectivity index (χ3n) is 5.50. The Hall–Kier alpha value is -1.14. The zero-order valence-electron chi connectivity index (χ0n) is 18.4. The van der Waals surface area contributed by atoms with Crippen LogP contribution in [0.4, 0.5) is 0 Å². The zero-order valence-corrected chi connectivity index (χ0v) is 18.4. The van der Waals surface area contributed by atoms with E-state index < -0.39 is 0 Å². The summed E-state index contributed by atoms with van der Waals surface area (Å²) in [5.41, 5.74) is 0. The summed E-state index contributed by atoms with van der Waals surface area (Å²) < 4.78 is 10.5. The first-order valence-electron chi connectivity index (χ1n) is 9.56.